The highest BCUT2D eigenvalue weighted by atomic mass is 16.7. The van der Waals surface area contributed by atoms with Crippen LogP contribution in [0.25, 0.3) is 0 Å². The van der Waals surface area contributed by atoms with Gasteiger partial charge in [-0.05, 0) is 12.8 Å². The predicted octanol–water partition coefficient (Wildman–Crippen LogP) is 2.59. The minimum Gasteiger partial charge on any atom is -0.546 e. The van der Waals surface area contributed by atoms with Crippen molar-refractivity contribution < 1.29 is 19.1 Å². The van der Waals surface area contributed by atoms with Crippen LogP contribution in [0.4, 0.5) is 4.79 Å². The smallest absolute Gasteiger partial charge is 0.252 e. The number of carbonyl (C=O) groups is 1. The fourth-order valence-corrected chi connectivity index (χ4v) is 1.49. The Morgan fingerprint density at radius 2 is 1.68 bits per heavy atom. The summed E-state index contributed by atoms with van der Waals surface area (Å²) in [4.78, 5) is 9.38. The number of ether oxygens (including phenoxy) is 1. The second-order valence-electron chi connectivity index (χ2n) is 5.63. The summed E-state index contributed by atoms with van der Waals surface area (Å²) in [7, 11) is 6.81. The average molecular weight is 273 g/mol. The van der Waals surface area contributed by atoms with E-state index in [4.69, 9.17) is 0 Å². The third-order valence-corrected chi connectivity index (χ3v) is 2.50. The number of quaternary nitrogens is 1. The normalized spacial score (nSPS) is 10.3. The number of carbonyl (C=O) groups excluding carboxylic acids is 1. The first kappa shape index (κ1) is 20.3. The fourth-order valence-electron chi connectivity index (χ4n) is 1.49. The lowest BCUT2D eigenvalue weighted by atomic mass is 10.1. The van der Waals surface area contributed by atoms with E-state index in [2.05, 4.69) is 39.4 Å². The first-order chi connectivity index (χ1) is 8.83. The number of hydrogen-bond donors (Lipinski definition) is 0. The molecule has 0 aromatic rings. The minimum absolute atomic E-state index is 0.00231. The molecule has 0 spiro atoms. The molecule has 0 aliphatic rings. The van der Waals surface area contributed by atoms with Crippen LogP contribution in [0.5, 0.6) is 0 Å². The van der Waals surface area contributed by atoms with E-state index in [1.165, 1.54) is 51.1 Å². The van der Waals surface area contributed by atoms with Crippen LogP contribution >= 0.6 is 0 Å². The molecule has 114 valence electrons. The Morgan fingerprint density at radius 1 is 1.16 bits per heavy atom. The summed E-state index contributed by atoms with van der Waals surface area (Å²) < 4.78 is 5.00. The van der Waals surface area contributed by atoms with Crippen molar-refractivity contribution in [1.82, 2.24) is 0 Å². The van der Waals surface area contributed by atoms with Crippen molar-refractivity contribution in [2.45, 2.75) is 45.4 Å². The first-order valence-electron chi connectivity index (χ1n) is 7.08. The van der Waals surface area contributed by atoms with E-state index in [1.54, 1.807) is 0 Å². The molecule has 0 aliphatic carbocycles. The molecule has 0 aromatic carbocycles. The molecule has 0 bridgehead atoms. The molecule has 0 saturated carbocycles. The van der Waals surface area contributed by atoms with Gasteiger partial charge in [-0.2, -0.15) is 0 Å². The zero-order valence-corrected chi connectivity index (χ0v) is 13.1. The van der Waals surface area contributed by atoms with E-state index in [-0.39, 0.29) is 6.61 Å². The maximum absolute atomic E-state index is 9.38. The second kappa shape index (κ2) is 13.4. The van der Waals surface area contributed by atoms with Gasteiger partial charge in [0.15, 0.2) is 0 Å². The molecule has 0 heterocycles. The summed E-state index contributed by atoms with van der Waals surface area (Å²) in [5, 5.41) is 9.38. The van der Waals surface area contributed by atoms with Crippen LogP contribution in [0.15, 0.2) is 12.7 Å². The van der Waals surface area contributed by atoms with E-state index < -0.39 is 6.16 Å². The topological polar surface area (TPSA) is 49.4 Å². The zero-order valence-electron chi connectivity index (χ0n) is 13.1. The summed E-state index contributed by atoms with van der Waals surface area (Å²) in [6.45, 7) is 6.81. The van der Waals surface area contributed by atoms with E-state index in [1.807, 2.05) is 0 Å². The van der Waals surface area contributed by atoms with Gasteiger partial charge >= 0.3 is 0 Å². The van der Waals surface area contributed by atoms with Crippen molar-refractivity contribution in [3.8, 4) is 0 Å². The van der Waals surface area contributed by atoms with Gasteiger partial charge in [0.25, 0.3) is 6.16 Å². The van der Waals surface area contributed by atoms with Gasteiger partial charge in [0, 0.05) is 6.61 Å². The maximum atomic E-state index is 9.38. The van der Waals surface area contributed by atoms with Crippen LogP contribution in [0.3, 0.4) is 0 Å². The number of unbranched alkanes of at least 4 members (excludes halogenated alkanes) is 5. The summed E-state index contributed by atoms with van der Waals surface area (Å²) >= 11 is 0. The quantitative estimate of drug-likeness (QED) is 0.281. The van der Waals surface area contributed by atoms with E-state index in [0.29, 0.717) is 0 Å². The lowest BCUT2D eigenvalue weighted by molar-refractivity contribution is -0.870. The number of hydrogen-bond acceptors (Lipinski definition) is 3. The highest BCUT2D eigenvalue weighted by Crippen LogP contribution is 2.06. The molecule has 19 heavy (non-hydrogen) atoms. The molecule has 0 unspecified atom stereocenters. The Bertz CT molecular complexity index is 222. The van der Waals surface area contributed by atoms with Crippen molar-refractivity contribution >= 4 is 6.16 Å². The van der Waals surface area contributed by atoms with E-state index in [0.717, 1.165) is 4.48 Å². The molecule has 0 aliphatic heterocycles. The Morgan fingerprint density at radius 3 is 2.05 bits per heavy atom. The molecule has 0 saturated heterocycles. The fraction of sp³-hybridized carbons (Fsp3) is 0.800. The van der Waals surface area contributed by atoms with Crippen molar-refractivity contribution in [1.29, 1.82) is 0 Å². The molecular weight excluding hydrogens is 242 g/mol. The number of nitrogens with zero attached hydrogens (tertiary/aromatic N) is 1. The summed E-state index contributed by atoms with van der Waals surface area (Å²) in [5.74, 6) is 0. The highest BCUT2D eigenvalue weighted by Gasteiger charge is 2.04. The minimum atomic E-state index is -1.51. The van der Waals surface area contributed by atoms with Gasteiger partial charge in [-0.1, -0.05) is 38.7 Å². The first-order valence-corrected chi connectivity index (χ1v) is 7.08. The van der Waals surface area contributed by atoms with Gasteiger partial charge in [0.05, 0.1) is 27.7 Å². The van der Waals surface area contributed by atoms with Gasteiger partial charge in [0.1, 0.15) is 0 Å². The van der Waals surface area contributed by atoms with Crippen LogP contribution in [0.2, 0.25) is 0 Å². The molecule has 0 radical (unpaired) electrons. The standard InChI is InChI=1S/C11H26N.C4H6O3/c1-5-6-7-8-9-10-11-12(2,3)4;1-2-3-7-4(5)6/h5-11H2,1-4H3;2H,1,3H2,(H,5,6)/q+1;/p-1. The lowest BCUT2D eigenvalue weighted by Crippen LogP contribution is -2.35. The molecule has 0 amide bonds. The van der Waals surface area contributed by atoms with Crippen LogP contribution in [-0.2, 0) is 4.74 Å². The van der Waals surface area contributed by atoms with E-state index in [9.17, 15) is 9.90 Å². The van der Waals surface area contributed by atoms with Gasteiger partial charge < -0.3 is 19.1 Å². The zero-order chi connectivity index (χ0) is 15.1. The molecule has 4 heteroatoms. The van der Waals surface area contributed by atoms with Crippen LogP contribution in [-0.4, -0.2) is 44.9 Å². The molecule has 0 atom stereocenters. The summed E-state index contributed by atoms with van der Waals surface area (Å²) in [6.07, 6.45) is 8.29. The SMILES string of the molecule is C=CCOC(=O)[O-].CCCCCCCC[N+](C)(C)C. The van der Waals surface area contributed by atoms with Crippen LogP contribution in [0.1, 0.15) is 45.4 Å². The Hall–Kier alpha value is -1.03. The van der Waals surface area contributed by atoms with Gasteiger partial charge in [-0.3, -0.25) is 0 Å². The van der Waals surface area contributed by atoms with Gasteiger partial charge in [0.2, 0.25) is 0 Å². The van der Waals surface area contributed by atoms with Gasteiger partial charge in [-0.25, -0.2) is 0 Å². The van der Waals surface area contributed by atoms with Gasteiger partial charge in [-0.15, -0.1) is 6.58 Å². The average Bonchev–Trinajstić information content (AvgIpc) is 2.30. The molecule has 0 fully saturated rings. The van der Waals surface area contributed by atoms with Crippen LogP contribution in [0, 0.1) is 0 Å². The molecule has 0 rings (SSSR count). The molecule has 0 aromatic heterocycles. The van der Waals surface area contributed by atoms with E-state index >= 15 is 0 Å². The predicted molar refractivity (Wildman–Crippen MR) is 77.8 cm³/mol. The highest BCUT2D eigenvalue weighted by molar-refractivity contribution is 5.54. The Kier molecular flexibility index (Phi) is 14.3. The monoisotopic (exact) mass is 273 g/mol. The molecule has 0 N–H and O–H groups in total. The largest absolute Gasteiger partial charge is 0.546 e. The number of rotatable bonds is 9. The number of carboxylic acid groups (broad SMARTS) is 1. The third-order valence-electron chi connectivity index (χ3n) is 2.50. The Labute approximate surface area is 118 Å². The van der Waals surface area contributed by atoms with Crippen LogP contribution < -0.4 is 5.11 Å². The van der Waals surface area contributed by atoms with Crippen molar-refractivity contribution in [3.05, 3.63) is 12.7 Å². The summed E-state index contributed by atoms with van der Waals surface area (Å²) in [6, 6.07) is 0. The lowest BCUT2D eigenvalue weighted by Gasteiger charge is -2.23. The Balaban J connectivity index is 0. The maximum Gasteiger partial charge on any atom is 0.252 e. The second-order valence-corrected chi connectivity index (χ2v) is 5.63. The summed E-state index contributed by atoms with van der Waals surface area (Å²) in [5.41, 5.74) is 0. The molecular formula is C15H31NO3. The molecule has 4 nitrogen and oxygen atoms in total. The van der Waals surface area contributed by atoms with Crippen molar-refractivity contribution in [3.63, 3.8) is 0 Å². The van der Waals surface area contributed by atoms with Crippen molar-refractivity contribution in [2.75, 3.05) is 34.3 Å². The third kappa shape index (κ3) is 26.5. The van der Waals surface area contributed by atoms with Crippen molar-refractivity contribution in [2.24, 2.45) is 0 Å².